The zero-order valence-electron chi connectivity index (χ0n) is 12.7. The molecule has 0 aliphatic carbocycles. The SMILES string of the molecule is O=C(Nc1ccn(CCC(F)(F)F)n1)Nc1ccc(F)cc1C(F)(F)F. The van der Waals surface area contributed by atoms with Crippen molar-refractivity contribution in [2.45, 2.75) is 25.3 Å². The second kappa shape index (κ2) is 7.22. The number of aromatic nitrogens is 2. The minimum absolute atomic E-state index is 0.166. The minimum atomic E-state index is -4.90. The molecule has 1 heterocycles. The Bertz CT molecular complexity index is 782. The van der Waals surface area contributed by atoms with Crippen molar-refractivity contribution in [1.29, 1.82) is 0 Å². The number of urea groups is 1. The van der Waals surface area contributed by atoms with E-state index < -0.39 is 48.4 Å². The molecule has 0 bridgehead atoms. The molecular weight excluding hydrogens is 373 g/mol. The van der Waals surface area contributed by atoms with Crippen LogP contribution in [0, 0.1) is 5.82 Å². The second-order valence-electron chi connectivity index (χ2n) is 5.10. The first kappa shape index (κ1) is 19.5. The van der Waals surface area contributed by atoms with E-state index in [2.05, 4.69) is 10.4 Å². The smallest absolute Gasteiger partial charge is 0.307 e. The molecule has 1 aromatic heterocycles. The van der Waals surface area contributed by atoms with Gasteiger partial charge < -0.3 is 5.32 Å². The molecule has 0 aliphatic rings. The van der Waals surface area contributed by atoms with Gasteiger partial charge >= 0.3 is 18.4 Å². The van der Waals surface area contributed by atoms with Crippen LogP contribution in [-0.2, 0) is 12.7 Å². The van der Waals surface area contributed by atoms with Gasteiger partial charge in [-0.3, -0.25) is 10.00 Å². The molecule has 0 radical (unpaired) electrons. The monoisotopic (exact) mass is 384 g/mol. The summed E-state index contributed by atoms with van der Waals surface area (Å²) in [4.78, 5) is 11.8. The third-order valence-electron chi connectivity index (χ3n) is 3.04. The summed E-state index contributed by atoms with van der Waals surface area (Å²) in [5.41, 5.74) is -2.07. The van der Waals surface area contributed by atoms with Crippen LogP contribution in [0.4, 0.5) is 47.0 Å². The van der Waals surface area contributed by atoms with Crippen LogP contribution in [0.2, 0.25) is 0 Å². The van der Waals surface area contributed by atoms with Crippen LogP contribution in [0.3, 0.4) is 0 Å². The van der Waals surface area contributed by atoms with Gasteiger partial charge in [0.2, 0.25) is 0 Å². The van der Waals surface area contributed by atoms with Crippen LogP contribution in [0.1, 0.15) is 12.0 Å². The fourth-order valence-corrected chi connectivity index (χ4v) is 1.92. The van der Waals surface area contributed by atoms with Crippen molar-refractivity contribution in [3.63, 3.8) is 0 Å². The van der Waals surface area contributed by atoms with Gasteiger partial charge in [0.05, 0.1) is 17.7 Å². The molecule has 142 valence electrons. The molecule has 2 N–H and O–H groups in total. The van der Waals surface area contributed by atoms with E-state index in [0.29, 0.717) is 0 Å². The van der Waals surface area contributed by atoms with E-state index in [1.54, 1.807) is 0 Å². The number of rotatable bonds is 4. The molecule has 0 atom stereocenters. The first-order chi connectivity index (χ1) is 11.9. The second-order valence-corrected chi connectivity index (χ2v) is 5.10. The molecule has 0 saturated carbocycles. The van der Waals surface area contributed by atoms with Crippen molar-refractivity contribution in [3.05, 3.63) is 41.8 Å². The number of hydrogen-bond acceptors (Lipinski definition) is 2. The fourth-order valence-electron chi connectivity index (χ4n) is 1.92. The number of amides is 2. The molecule has 2 aromatic rings. The Morgan fingerprint density at radius 3 is 2.38 bits per heavy atom. The van der Waals surface area contributed by atoms with Crippen molar-refractivity contribution in [2.75, 3.05) is 10.6 Å². The average Bonchev–Trinajstić information content (AvgIpc) is 2.92. The number of benzene rings is 1. The van der Waals surface area contributed by atoms with E-state index in [9.17, 15) is 35.5 Å². The van der Waals surface area contributed by atoms with Crippen molar-refractivity contribution >= 4 is 17.5 Å². The van der Waals surface area contributed by atoms with Crippen LogP contribution in [0.15, 0.2) is 30.5 Å². The Kier molecular flexibility index (Phi) is 5.42. The van der Waals surface area contributed by atoms with Crippen LogP contribution in [0.5, 0.6) is 0 Å². The largest absolute Gasteiger partial charge is 0.418 e. The quantitative estimate of drug-likeness (QED) is 0.755. The molecule has 12 heteroatoms. The van der Waals surface area contributed by atoms with Crippen molar-refractivity contribution in [1.82, 2.24) is 9.78 Å². The highest BCUT2D eigenvalue weighted by atomic mass is 19.4. The Morgan fingerprint density at radius 1 is 1.08 bits per heavy atom. The summed E-state index contributed by atoms with van der Waals surface area (Å²) in [6.45, 7) is -0.483. The number of hydrogen-bond donors (Lipinski definition) is 2. The lowest BCUT2D eigenvalue weighted by Crippen LogP contribution is -2.22. The van der Waals surface area contributed by atoms with Crippen LogP contribution in [0.25, 0.3) is 0 Å². The number of anilines is 2. The highest BCUT2D eigenvalue weighted by Gasteiger charge is 2.34. The van der Waals surface area contributed by atoms with Gasteiger partial charge in [-0.25, -0.2) is 9.18 Å². The molecule has 0 spiro atoms. The molecule has 26 heavy (non-hydrogen) atoms. The maximum absolute atomic E-state index is 13.0. The molecule has 5 nitrogen and oxygen atoms in total. The lowest BCUT2D eigenvalue weighted by atomic mass is 10.1. The number of carbonyl (C=O) groups excluding carboxylic acids is 1. The summed E-state index contributed by atoms with van der Waals surface area (Å²) in [5, 5.41) is 7.61. The zero-order chi connectivity index (χ0) is 19.5. The molecule has 0 fully saturated rings. The summed E-state index contributed by atoms with van der Waals surface area (Å²) < 4.78 is 88.8. The maximum Gasteiger partial charge on any atom is 0.418 e. The van der Waals surface area contributed by atoms with Crippen LogP contribution < -0.4 is 10.6 Å². The van der Waals surface area contributed by atoms with Gasteiger partial charge in [0.1, 0.15) is 5.82 Å². The number of aryl methyl sites for hydroxylation is 1. The lowest BCUT2D eigenvalue weighted by Gasteiger charge is -2.13. The zero-order valence-corrected chi connectivity index (χ0v) is 12.7. The van der Waals surface area contributed by atoms with Gasteiger partial charge in [0, 0.05) is 18.8 Å². The average molecular weight is 384 g/mol. The third-order valence-corrected chi connectivity index (χ3v) is 3.04. The predicted octanol–water partition coefficient (Wildman–Crippen LogP) is 4.64. The van der Waals surface area contributed by atoms with E-state index >= 15 is 0 Å². The van der Waals surface area contributed by atoms with Gasteiger partial charge in [-0.2, -0.15) is 31.4 Å². The fraction of sp³-hybridized carbons (Fsp3) is 0.286. The first-order valence-electron chi connectivity index (χ1n) is 6.99. The number of halogens is 7. The summed E-state index contributed by atoms with van der Waals surface area (Å²) in [5.74, 6) is -1.30. The van der Waals surface area contributed by atoms with Crippen LogP contribution >= 0.6 is 0 Å². The van der Waals surface area contributed by atoms with Gasteiger partial charge in [0.25, 0.3) is 0 Å². The minimum Gasteiger partial charge on any atom is -0.307 e. The summed E-state index contributed by atoms with van der Waals surface area (Å²) >= 11 is 0. The Labute approximate surface area is 141 Å². The Morgan fingerprint density at radius 2 is 1.77 bits per heavy atom. The summed E-state index contributed by atoms with van der Waals surface area (Å²) in [7, 11) is 0. The number of alkyl halides is 6. The maximum atomic E-state index is 13.0. The summed E-state index contributed by atoms with van der Waals surface area (Å²) in [6, 6.07) is 1.74. The predicted molar refractivity (Wildman–Crippen MR) is 76.9 cm³/mol. The number of nitrogens with zero attached hydrogens (tertiary/aromatic N) is 2. The van der Waals surface area contributed by atoms with Crippen LogP contribution in [-0.4, -0.2) is 22.0 Å². The van der Waals surface area contributed by atoms with E-state index in [0.717, 1.165) is 16.8 Å². The van der Waals surface area contributed by atoms with Crippen molar-refractivity contribution in [3.8, 4) is 0 Å². The van der Waals surface area contributed by atoms with Crippen molar-refractivity contribution < 1.29 is 35.5 Å². The molecular formula is C14H11F7N4O. The van der Waals surface area contributed by atoms with E-state index in [1.165, 1.54) is 12.3 Å². The number of carbonyl (C=O) groups is 1. The standard InChI is InChI=1S/C14H11F7N4O/c15-8-1-2-10(9(7-8)14(19,20)21)22-12(26)23-11-3-5-25(24-11)6-4-13(16,17)18/h1-3,5,7H,4,6H2,(H2,22,23,24,26). The van der Waals surface area contributed by atoms with Gasteiger partial charge in [-0.1, -0.05) is 0 Å². The molecule has 2 amide bonds. The topological polar surface area (TPSA) is 59.0 Å². The van der Waals surface area contributed by atoms with E-state index in [-0.39, 0.29) is 11.9 Å². The van der Waals surface area contributed by atoms with Gasteiger partial charge in [-0.05, 0) is 18.2 Å². The molecule has 0 saturated heterocycles. The molecule has 0 unspecified atom stereocenters. The van der Waals surface area contributed by atoms with Gasteiger partial charge in [-0.15, -0.1) is 0 Å². The highest BCUT2D eigenvalue weighted by Crippen LogP contribution is 2.35. The molecule has 2 rings (SSSR count). The lowest BCUT2D eigenvalue weighted by molar-refractivity contribution is -0.138. The highest BCUT2D eigenvalue weighted by molar-refractivity contribution is 5.99. The first-order valence-corrected chi connectivity index (χ1v) is 6.99. The normalized spacial score (nSPS) is 12.1. The number of nitrogens with one attached hydrogen (secondary N) is 2. The molecule has 0 aliphatic heterocycles. The van der Waals surface area contributed by atoms with E-state index in [1.807, 2.05) is 5.32 Å². The third kappa shape index (κ3) is 5.63. The van der Waals surface area contributed by atoms with Crippen molar-refractivity contribution in [2.24, 2.45) is 0 Å². The Hall–Kier alpha value is -2.79. The summed E-state index contributed by atoms with van der Waals surface area (Å²) in [6.07, 6.45) is -9.25. The van der Waals surface area contributed by atoms with Gasteiger partial charge in [0.15, 0.2) is 5.82 Å². The van der Waals surface area contributed by atoms with E-state index in [4.69, 9.17) is 0 Å². The Balaban J connectivity index is 2.03. The molecule has 1 aromatic carbocycles.